The van der Waals surface area contributed by atoms with Crippen molar-refractivity contribution in [1.82, 2.24) is 0 Å². The highest BCUT2D eigenvalue weighted by molar-refractivity contribution is 7.45. The highest BCUT2D eigenvalue weighted by Crippen LogP contribution is 2.38. The van der Waals surface area contributed by atoms with Gasteiger partial charge < -0.3 is 18.4 Å². The van der Waals surface area contributed by atoms with Crippen LogP contribution in [0.3, 0.4) is 0 Å². The van der Waals surface area contributed by atoms with Crippen LogP contribution in [0.4, 0.5) is 0 Å². The summed E-state index contributed by atoms with van der Waals surface area (Å²) in [5.41, 5.74) is 0. The van der Waals surface area contributed by atoms with Crippen molar-refractivity contribution >= 4 is 7.82 Å². The Morgan fingerprint density at radius 3 is 1.35 bits per heavy atom. The van der Waals surface area contributed by atoms with E-state index >= 15 is 0 Å². The summed E-state index contributed by atoms with van der Waals surface area (Å²) < 4.78 is 21.7. The normalized spacial score (nSPS) is 12.0. The molecule has 0 saturated carbocycles. The maximum Gasteiger partial charge on any atom is 0.267 e. The predicted molar refractivity (Wildman–Crippen MR) is 96.4 cm³/mol. The Bertz CT molecular complexity index is 272. The van der Waals surface area contributed by atoms with Gasteiger partial charge in [0.15, 0.2) is 0 Å². The molecular weight excluding hydrogens is 313 g/mol. The van der Waals surface area contributed by atoms with Gasteiger partial charge in [-0.2, -0.15) is 0 Å². The van der Waals surface area contributed by atoms with Crippen LogP contribution in [0.1, 0.15) is 73.1 Å². The maximum atomic E-state index is 11.1. The quantitative estimate of drug-likeness (QED) is 0.280. The first-order chi connectivity index (χ1) is 10.8. The molecule has 0 aromatic heterocycles. The standard InChI is InChI=1S/C10H23O4P.C7H18N/c1-3-5-7-9-13-15(11,12)14-10-8-6-4-2;1-5-8(4,6-2)7-3/h3-10H2,1-2H3,(H,11,12);5-7H2,1-4H3/q;+1/p-1. The van der Waals surface area contributed by atoms with Crippen LogP contribution in [-0.2, 0) is 13.6 Å². The van der Waals surface area contributed by atoms with Crippen molar-refractivity contribution in [2.24, 2.45) is 0 Å². The summed E-state index contributed by atoms with van der Waals surface area (Å²) in [4.78, 5) is 11.1. The van der Waals surface area contributed by atoms with Gasteiger partial charge in [0.1, 0.15) is 0 Å². The van der Waals surface area contributed by atoms with E-state index < -0.39 is 7.82 Å². The zero-order valence-corrected chi connectivity index (χ0v) is 17.2. The molecule has 5 nitrogen and oxygen atoms in total. The molecule has 0 N–H and O–H groups in total. The van der Waals surface area contributed by atoms with Crippen molar-refractivity contribution in [3.63, 3.8) is 0 Å². The van der Waals surface area contributed by atoms with Crippen LogP contribution in [-0.4, -0.2) is 44.4 Å². The highest BCUT2D eigenvalue weighted by atomic mass is 31.2. The van der Waals surface area contributed by atoms with E-state index in [-0.39, 0.29) is 13.2 Å². The molecule has 0 aliphatic rings. The second kappa shape index (κ2) is 15.6. The smallest absolute Gasteiger partial charge is 0.267 e. The Hall–Kier alpha value is 0.0700. The van der Waals surface area contributed by atoms with Gasteiger partial charge in [-0.25, -0.2) is 0 Å². The third kappa shape index (κ3) is 16.7. The second-order valence-corrected chi connectivity index (χ2v) is 7.51. The summed E-state index contributed by atoms with van der Waals surface area (Å²) in [5, 5.41) is 0. The summed E-state index contributed by atoms with van der Waals surface area (Å²) in [7, 11) is -1.73. The van der Waals surface area contributed by atoms with Gasteiger partial charge in [-0.05, 0) is 33.6 Å². The van der Waals surface area contributed by atoms with E-state index in [2.05, 4.69) is 50.7 Å². The number of hydrogen-bond donors (Lipinski definition) is 0. The Morgan fingerprint density at radius 2 is 1.13 bits per heavy atom. The fourth-order valence-corrected chi connectivity index (χ4v) is 2.54. The van der Waals surface area contributed by atoms with Gasteiger partial charge in [-0.1, -0.05) is 39.5 Å². The van der Waals surface area contributed by atoms with E-state index in [1.807, 2.05) is 0 Å². The number of hydrogen-bond acceptors (Lipinski definition) is 4. The Balaban J connectivity index is 0. The topological polar surface area (TPSA) is 58.6 Å². The fraction of sp³-hybridized carbons (Fsp3) is 1.00. The maximum absolute atomic E-state index is 11.1. The molecule has 0 aromatic rings. The van der Waals surface area contributed by atoms with Crippen molar-refractivity contribution in [2.75, 3.05) is 39.9 Å². The lowest BCUT2D eigenvalue weighted by Gasteiger charge is -2.30. The summed E-state index contributed by atoms with van der Waals surface area (Å²) in [6, 6.07) is 0. The van der Waals surface area contributed by atoms with E-state index in [1.54, 1.807) is 0 Å². The second-order valence-electron chi connectivity index (χ2n) is 6.10. The van der Waals surface area contributed by atoms with Crippen molar-refractivity contribution < 1.29 is 23.0 Å². The van der Waals surface area contributed by atoms with Crippen LogP contribution in [0.15, 0.2) is 0 Å². The molecular formula is C17H40NO4P. The summed E-state index contributed by atoms with van der Waals surface area (Å²) in [5.74, 6) is 0. The van der Waals surface area contributed by atoms with Crippen molar-refractivity contribution in [2.45, 2.75) is 73.1 Å². The molecule has 0 aliphatic heterocycles. The van der Waals surface area contributed by atoms with E-state index in [4.69, 9.17) is 0 Å². The number of unbranched alkanes of at least 4 members (excludes halogenated alkanes) is 4. The Morgan fingerprint density at radius 1 is 0.783 bits per heavy atom. The minimum atomic E-state index is -4.02. The molecule has 0 saturated heterocycles. The van der Waals surface area contributed by atoms with Gasteiger partial charge in [0.05, 0.1) is 39.9 Å². The predicted octanol–water partition coefficient (Wildman–Crippen LogP) is 4.36. The molecule has 0 aliphatic carbocycles. The Labute approximate surface area is 144 Å². The van der Waals surface area contributed by atoms with E-state index in [0.717, 1.165) is 38.5 Å². The third-order valence-electron chi connectivity index (χ3n) is 4.28. The molecule has 0 rings (SSSR count). The van der Waals surface area contributed by atoms with Crippen LogP contribution < -0.4 is 4.89 Å². The number of rotatable bonds is 13. The molecule has 0 aromatic carbocycles. The summed E-state index contributed by atoms with van der Waals surface area (Å²) in [6.07, 6.45) is 5.58. The van der Waals surface area contributed by atoms with E-state index in [1.165, 1.54) is 24.1 Å². The van der Waals surface area contributed by atoms with Crippen molar-refractivity contribution in [3.05, 3.63) is 0 Å². The first-order valence-electron chi connectivity index (χ1n) is 9.24. The van der Waals surface area contributed by atoms with Crippen LogP contribution in [0.5, 0.6) is 0 Å². The lowest BCUT2D eigenvalue weighted by atomic mass is 10.3. The van der Waals surface area contributed by atoms with E-state index in [0.29, 0.717) is 0 Å². The van der Waals surface area contributed by atoms with Gasteiger partial charge in [-0.3, -0.25) is 4.57 Å². The SMILES string of the molecule is CCCCCOP(=O)([O-])OCCCCC.CC[N+](C)(CC)CC. The molecule has 0 bridgehead atoms. The van der Waals surface area contributed by atoms with Crippen molar-refractivity contribution in [1.29, 1.82) is 0 Å². The molecule has 0 spiro atoms. The van der Waals surface area contributed by atoms with E-state index in [9.17, 15) is 9.46 Å². The van der Waals surface area contributed by atoms with Crippen LogP contribution in [0.25, 0.3) is 0 Å². The molecule has 0 radical (unpaired) electrons. The number of nitrogens with zero attached hydrogens (tertiary/aromatic N) is 1. The lowest BCUT2D eigenvalue weighted by molar-refractivity contribution is -0.904. The van der Waals surface area contributed by atoms with Crippen LogP contribution in [0.2, 0.25) is 0 Å². The average Bonchev–Trinajstić information content (AvgIpc) is 2.55. The van der Waals surface area contributed by atoms with Crippen molar-refractivity contribution in [3.8, 4) is 0 Å². The molecule has 0 atom stereocenters. The minimum absolute atomic E-state index is 0.238. The molecule has 0 amide bonds. The lowest BCUT2D eigenvalue weighted by Crippen LogP contribution is -2.42. The number of phosphoric ester groups is 1. The monoisotopic (exact) mass is 353 g/mol. The molecule has 23 heavy (non-hydrogen) atoms. The van der Waals surface area contributed by atoms with Gasteiger partial charge in [0.2, 0.25) is 0 Å². The molecule has 142 valence electrons. The molecule has 0 unspecified atom stereocenters. The highest BCUT2D eigenvalue weighted by Gasteiger charge is 2.11. The molecule has 6 heteroatoms. The largest absolute Gasteiger partial charge is 0.756 e. The van der Waals surface area contributed by atoms with Gasteiger partial charge in [-0.15, -0.1) is 0 Å². The van der Waals surface area contributed by atoms with Crippen LogP contribution >= 0.6 is 7.82 Å². The zero-order valence-electron chi connectivity index (χ0n) is 16.3. The Kier molecular flexibility index (Phi) is 17.2. The molecule has 0 heterocycles. The summed E-state index contributed by atoms with van der Waals surface area (Å²) >= 11 is 0. The first kappa shape index (κ1) is 25.3. The molecule has 0 fully saturated rings. The fourth-order valence-electron chi connectivity index (χ4n) is 1.76. The van der Waals surface area contributed by atoms with Gasteiger partial charge >= 0.3 is 0 Å². The third-order valence-corrected chi connectivity index (χ3v) is 5.28. The number of quaternary nitrogens is 1. The van der Waals surface area contributed by atoms with Gasteiger partial charge in [0.25, 0.3) is 7.82 Å². The average molecular weight is 353 g/mol. The zero-order chi connectivity index (χ0) is 18.2. The number of phosphoric acid groups is 1. The summed E-state index contributed by atoms with van der Waals surface area (Å²) in [6.45, 7) is 15.1. The first-order valence-corrected chi connectivity index (χ1v) is 10.7. The minimum Gasteiger partial charge on any atom is -0.756 e. The van der Waals surface area contributed by atoms with Crippen LogP contribution in [0, 0.1) is 0 Å². The van der Waals surface area contributed by atoms with Gasteiger partial charge in [0, 0.05) is 0 Å².